The average molecular weight is 435 g/mol. The Bertz CT molecular complexity index is 1080. The predicted octanol–water partition coefficient (Wildman–Crippen LogP) is 4.37. The molecule has 2 aromatic carbocycles. The molecule has 0 spiro atoms. The van der Waals surface area contributed by atoms with Gasteiger partial charge in [0.1, 0.15) is 17.5 Å². The Balaban J connectivity index is 1.45. The molecule has 2 aliphatic heterocycles. The highest BCUT2D eigenvalue weighted by Gasteiger charge is 2.43. The molecule has 0 aliphatic carbocycles. The molecular weight excluding hydrogens is 408 g/mol. The summed E-state index contributed by atoms with van der Waals surface area (Å²) in [4.78, 5) is 16.3. The first-order valence-electron chi connectivity index (χ1n) is 10.6. The lowest BCUT2D eigenvalue weighted by Gasteiger charge is -2.41. The molecule has 1 amide bonds. The number of benzene rings is 2. The number of thiophene rings is 1. The first kappa shape index (κ1) is 20.2. The number of carbonyl (C=O) groups is 1. The Morgan fingerprint density at radius 2 is 1.71 bits per heavy atom. The second-order valence-corrected chi connectivity index (χ2v) is 9.59. The van der Waals surface area contributed by atoms with Gasteiger partial charge in [0.05, 0.1) is 28.8 Å². The van der Waals surface area contributed by atoms with Crippen molar-refractivity contribution in [2.45, 2.75) is 44.4 Å². The Morgan fingerprint density at radius 1 is 1.10 bits per heavy atom. The van der Waals surface area contributed by atoms with Crippen LogP contribution in [0.5, 0.6) is 5.75 Å². The maximum atomic E-state index is 13.6. The third-order valence-electron chi connectivity index (χ3n) is 6.19. The zero-order valence-corrected chi connectivity index (χ0v) is 18.5. The van der Waals surface area contributed by atoms with Crippen molar-refractivity contribution < 1.29 is 14.6 Å². The van der Waals surface area contributed by atoms with Gasteiger partial charge >= 0.3 is 0 Å². The highest BCUT2D eigenvalue weighted by Crippen LogP contribution is 2.43. The number of anilines is 2. The molecule has 3 heterocycles. The smallest absolute Gasteiger partial charge is 0.245 e. The maximum absolute atomic E-state index is 13.6. The van der Waals surface area contributed by atoms with E-state index < -0.39 is 11.7 Å². The van der Waals surface area contributed by atoms with Gasteiger partial charge in [-0.25, -0.2) is 0 Å². The molecule has 0 radical (unpaired) electrons. The quantitative estimate of drug-likeness (QED) is 0.643. The molecule has 31 heavy (non-hydrogen) atoms. The van der Waals surface area contributed by atoms with Crippen molar-refractivity contribution in [1.29, 1.82) is 0 Å². The van der Waals surface area contributed by atoms with E-state index in [-0.39, 0.29) is 18.5 Å². The van der Waals surface area contributed by atoms with Crippen molar-refractivity contribution in [3.8, 4) is 5.75 Å². The second kappa shape index (κ2) is 7.79. The van der Waals surface area contributed by atoms with E-state index in [1.807, 2.05) is 66.6 Å². The lowest BCUT2D eigenvalue weighted by Crippen LogP contribution is -2.53. The van der Waals surface area contributed by atoms with E-state index in [2.05, 4.69) is 17.4 Å². The van der Waals surface area contributed by atoms with Crippen LogP contribution in [0.1, 0.15) is 35.9 Å². The molecule has 2 atom stereocenters. The molecule has 2 N–H and O–H groups in total. The van der Waals surface area contributed by atoms with Crippen molar-refractivity contribution in [3.63, 3.8) is 0 Å². The molecule has 6 heteroatoms. The summed E-state index contributed by atoms with van der Waals surface area (Å²) in [6.45, 7) is 3.85. The van der Waals surface area contributed by atoms with Crippen LogP contribution in [0.4, 0.5) is 11.4 Å². The Labute approximate surface area is 186 Å². The summed E-state index contributed by atoms with van der Waals surface area (Å²) < 4.78 is 5.96. The largest absolute Gasteiger partial charge is 0.484 e. The van der Waals surface area contributed by atoms with Gasteiger partial charge in [0, 0.05) is 0 Å². The van der Waals surface area contributed by atoms with Crippen molar-refractivity contribution in [3.05, 3.63) is 76.0 Å². The maximum Gasteiger partial charge on any atom is 0.245 e. The number of hydrogen-bond donors (Lipinski definition) is 2. The molecule has 0 bridgehead atoms. The number of ether oxygens (including phenoxy) is 1. The Kier molecular flexibility index (Phi) is 5.08. The summed E-state index contributed by atoms with van der Waals surface area (Å²) in [6.07, 6.45) is 1.03. The summed E-state index contributed by atoms with van der Waals surface area (Å²) in [5.74, 6) is 0.729. The number of aliphatic hydroxyl groups excluding tert-OH is 1. The topological polar surface area (TPSA) is 61.8 Å². The van der Waals surface area contributed by atoms with E-state index in [4.69, 9.17) is 4.74 Å². The standard InChI is InChI=1S/C25H26N2O3S/c1-25(2)24(29)22(23-20(30-25)13-14-31-23)26-15-21(28)27-18-9-5-3-7-16(18)11-12-17-8-4-6-10-19(17)27/h3-10,13-14,22,24,26,29H,11-12,15H2,1-2H3/t22-,24+/m0/s1. The van der Waals surface area contributed by atoms with E-state index in [9.17, 15) is 9.90 Å². The SMILES string of the molecule is CC1(C)Oc2ccsc2[C@H](NCC(=O)N2c3ccccc3CCc3ccccc32)[C@H]1O. The average Bonchev–Trinajstić information content (AvgIpc) is 3.13. The number of rotatable bonds is 3. The molecule has 5 nitrogen and oxygen atoms in total. The lowest BCUT2D eigenvalue weighted by atomic mass is 9.90. The summed E-state index contributed by atoms with van der Waals surface area (Å²) in [5.41, 5.74) is 3.46. The molecular formula is C25H26N2O3S. The van der Waals surface area contributed by atoms with Crippen LogP contribution in [0.25, 0.3) is 0 Å². The monoisotopic (exact) mass is 434 g/mol. The number of hydrogen-bond acceptors (Lipinski definition) is 5. The normalized spacial score (nSPS) is 21.3. The minimum Gasteiger partial charge on any atom is -0.484 e. The van der Waals surface area contributed by atoms with Gasteiger partial charge in [-0.2, -0.15) is 0 Å². The van der Waals surface area contributed by atoms with Gasteiger partial charge in [-0.15, -0.1) is 11.3 Å². The van der Waals surface area contributed by atoms with Gasteiger partial charge < -0.3 is 9.84 Å². The minimum atomic E-state index is -0.768. The molecule has 1 aromatic heterocycles. The summed E-state index contributed by atoms with van der Waals surface area (Å²) >= 11 is 1.53. The number of para-hydroxylation sites is 2. The first-order valence-corrected chi connectivity index (χ1v) is 11.5. The number of amides is 1. The van der Waals surface area contributed by atoms with E-state index in [0.717, 1.165) is 34.8 Å². The zero-order chi connectivity index (χ0) is 21.6. The first-order chi connectivity index (χ1) is 15.0. The predicted molar refractivity (Wildman–Crippen MR) is 123 cm³/mol. The zero-order valence-electron chi connectivity index (χ0n) is 17.7. The summed E-state index contributed by atoms with van der Waals surface area (Å²) in [7, 11) is 0. The van der Waals surface area contributed by atoms with Crippen molar-refractivity contribution in [2.24, 2.45) is 0 Å². The third-order valence-corrected chi connectivity index (χ3v) is 7.17. The van der Waals surface area contributed by atoms with Crippen LogP contribution in [-0.2, 0) is 17.6 Å². The molecule has 5 rings (SSSR count). The van der Waals surface area contributed by atoms with E-state index in [0.29, 0.717) is 0 Å². The fourth-order valence-electron chi connectivity index (χ4n) is 4.54. The number of nitrogens with one attached hydrogen (secondary N) is 1. The van der Waals surface area contributed by atoms with Crippen molar-refractivity contribution in [1.82, 2.24) is 5.32 Å². The Hall–Kier alpha value is -2.67. The fourth-order valence-corrected chi connectivity index (χ4v) is 5.46. The van der Waals surface area contributed by atoms with Crippen LogP contribution in [0, 0.1) is 0 Å². The number of aliphatic hydroxyl groups is 1. The molecule has 2 aliphatic rings. The van der Waals surface area contributed by atoms with Gasteiger partial charge in [-0.05, 0) is 61.4 Å². The molecule has 160 valence electrons. The molecule has 0 fully saturated rings. The number of aryl methyl sites for hydroxylation is 2. The number of carbonyl (C=O) groups excluding carboxylic acids is 1. The lowest BCUT2D eigenvalue weighted by molar-refractivity contribution is -0.118. The van der Waals surface area contributed by atoms with Gasteiger partial charge in [0.2, 0.25) is 5.91 Å². The highest BCUT2D eigenvalue weighted by molar-refractivity contribution is 7.10. The van der Waals surface area contributed by atoms with Crippen LogP contribution < -0.4 is 15.0 Å². The van der Waals surface area contributed by atoms with E-state index >= 15 is 0 Å². The van der Waals surface area contributed by atoms with Crippen LogP contribution >= 0.6 is 11.3 Å². The number of fused-ring (bicyclic) bond motifs is 3. The second-order valence-electron chi connectivity index (χ2n) is 8.64. The van der Waals surface area contributed by atoms with Crippen molar-refractivity contribution in [2.75, 3.05) is 11.4 Å². The van der Waals surface area contributed by atoms with E-state index in [1.165, 1.54) is 22.5 Å². The summed E-state index contributed by atoms with van der Waals surface area (Å²) in [6, 6.07) is 17.8. The fraction of sp³-hybridized carbons (Fsp3) is 0.320. The Morgan fingerprint density at radius 3 is 2.35 bits per heavy atom. The molecule has 0 saturated heterocycles. The van der Waals surface area contributed by atoms with Crippen molar-refractivity contribution >= 4 is 28.6 Å². The molecule has 0 unspecified atom stereocenters. The van der Waals surface area contributed by atoms with Gasteiger partial charge in [0.15, 0.2) is 0 Å². The minimum absolute atomic E-state index is 0.0450. The highest BCUT2D eigenvalue weighted by atomic mass is 32.1. The van der Waals surface area contributed by atoms with Crippen LogP contribution in [-0.4, -0.2) is 29.3 Å². The van der Waals surface area contributed by atoms with Gasteiger partial charge in [0.25, 0.3) is 0 Å². The van der Waals surface area contributed by atoms with Crippen LogP contribution in [0.3, 0.4) is 0 Å². The van der Waals surface area contributed by atoms with Crippen LogP contribution in [0.15, 0.2) is 60.0 Å². The van der Waals surface area contributed by atoms with Crippen LogP contribution in [0.2, 0.25) is 0 Å². The summed E-state index contributed by atoms with van der Waals surface area (Å²) in [5, 5.41) is 16.2. The van der Waals surface area contributed by atoms with Gasteiger partial charge in [-0.3, -0.25) is 15.0 Å². The van der Waals surface area contributed by atoms with Gasteiger partial charge in [-0.1, -0.05) is 36.4 Å². The van der Waals surface area contributed by atoms with E-state index in [1.54, 1.807) is 0 Å². The third kappa shape index (κ3) is 3.55. The number of nitrogens with zero attached hydrogens (tertiary/aromatic N) is 1. The molecule has 0 saturated carbocycles. The molecule has 3 aromatic rings.